The molecule has 1 fully saturated rings. The number of aliphatic hydroxyl groups is 3. The van der Waals surface area contributed by atoms with Crippen LogP contribution < -0.4 is 4.90 Å². The molecule has 2 aliphatic rings. The Morgan fingerprint density at radius 2 is 2.00 bits per heavy atom. The molecule has 1 aromatic rings. The van der Waals surface area contributed by atoms with Gasteiger partial charge in [0, 0.05) is 20.0 Å². The van der Waals surface area contributed by atoms with E-state index in [1.54, 1.807) is 16.6 Å². The van der Waals surface area contributed by atoms with E-state index in [0.717, 1.165) is 5.82 Å². The SMILES string of the molecule is Cn1nnc2c1N1C[C@@H](O)[C@@H](O)[C@H]1[C@H](O)C2. The number of rotatable bonds is 0. The topological polar surface area (TPSA) is 94.6 Å². The summed E-state index contributed by atoms with van der Waals surface area (Å²) < 4.78 is 1.61. The van der Waals surface area contributed by atoms with E-state index in [2.05, 4.69) is 10.3 Å². The minimum absolute atomic E-state index is 0.303. The molecule has 7 nitrogen and oxygen atoms in total. The Hall–Kier alpha value is -1.18. The maximum atomic E-state index is 9.93. The molecule has 0 aromatic carbocycles. The van der Waals surface area contributed by atoms with E-state index >= 15 is 0 Å². The van der Waals surface area contributed by atoms with Crippen LogP contribution in [0.5, 0.6) is 0 Å². The zero-order valence-electron chi connectivity index (χ0n) is 8.85. The van der Waals surface area contributed by atoms with Crippen molar-refractivity contribution in [1.82, 2.24) is 15.0 Å². The third-order valence-electron chi connectivity index (χ3n) is 3.42. The maximum Gasteiger partial charge on any atom is 0.150 e. The highest BCUT2D eigenvalue weighted by atomic mass is 16.3. The second-order valence-electron chi connectivity index (χ2n) is 4.46. The molecule has 2 aliphatic heterocycles. The molecule has 0 saturated carbocycles. The minimum atomic E-state index is -0.918. The number of aromatic nitrogens is 3. The Labute approximate surface area is 91.9 Å². The molecule has 3 rings (SSSR count). The summed E-state index contributed by atoms with van der Waals surface area (Å²) in [6, 6.07) is -0.459. The van der Waals surface area contributed by atoms with Crippen LogP contribution in [0, 0.1) is 0 Å². The Kier molecular flexibility index (Phi) is 1.97. The van der Waals surface area contributed by atoms with Gasteiger partial charge in [-0.2, -0.15) is 0 Å². The van der Waals surface area contributed by atoms with Crippen molar-refractivity contribution in [3.63, 3.8) is 0 Å². The standard InChI is InChI=1S/C9H14N4O3/c1-12-9-4(10-11-12)2-5(14)7-8(16)6(15)3-13(7)9/h5-8,14-16H,2-3H2,1H3/t5-,6-,7-,8-/m1/s1. The van der Waals surface area contributed by atoms with Crippen molar-refractivity contribution >= 4 is 5.82 Å². The third-order valence-corrected chi connectivity index (χ3v) is 3.42. The van der Waals surface area contributed by atoms with Crippen molar-refractivity contribution in [1.29, 1.82) is 0 Å². The Morgan fingerprint density at radius 1 is 1.25 bits per heavy atom. The first-order valence-corrected chi connectivity index (χ1v) is 5.29. The lowest BCUT2D eigenvalue weighted by atomic mass is 9.97. The zero-order chi connectivity index (χ0) is 11.4. The molecular weight excluding hydrogens is 212 g/mol. The molecule has 7 heteroatoms. The van der Waals surface area contributed by atoms with Gasteiger partial charge in [-0.05, 0) is 0 Å². The summed E-state index contributed by atoms with van der Waals surface area (Å²) in [4.78, 5) is 1.79. The van der Waals surface area contributed by atoms with Crippen LogP contribution in [-0.2, 0) is 13.5 Å². The van der Waals surface area contributed by atoms with Crippen LogP contribution in [0.15, 0.2) is 0 Å². The predicted molar refractivity (Wildman–Crippen MR) is 53.9 cm³/mol. The van der Waals surface area contributed by atoms with Crippen LogP contribution in [0.4, 0.5) is 5.82 Å². The summed E-state index contributed by atoms with van der Waals surface area (Å²) in [5, 5.41) is 37.3. The monoisotopic (exact) mass is 226 g/mol. The van der Waals surface area contributed by atoms with E-state index in [-0.39, 0.29) is 0 Å². The number of anilines is 1. The average molecular weight is 226 g/mol. The summed E-state index contributed by atoms with van der Waals surface area (Å²) in [6.07, 6.45) is -2.09. The molecule has 16 heavy (non-hydrogen) atoms. The van der Waals surface area contributed by atoms with Gasteiger partial charge in [0.1, 0.15) is 11.8 Å². The molecule has 0 amide bonds. The normalized spacial score (nSPS) is 37.4. The lowest BCUT2D eigenvalue weighted by Gasteiger charge is -2.35. The molecule has 1 saturated heterocycles. The minimum Gasteiger partial charge on any atom is -0.390 e. The van der Waals surface area contributed by atoms with Gasteiger partial charge in [0.25, 0.3) is 0 Å². The quantitative estimate of drug-likeness (QED) is 0.458. The van der Waals surface area contributed by atoms with Crippen LogP contribution in [0.1, 0.15) is 5.69 Å². The van der Waals surface area contributed by atoms with Gasteiger partial charge in [0.2, 0.25) is 0 Å². The Bertz CT molecular complexity index is 421. The number of nitrogens with zero attached hydrogens (tertiary/aromatic N) is 4. The first-order valence-electron chi connectivity index (χ1n) is 5.29. The molecule has 88 valence electrons. The van der Waals surface area contributed by atoms with Crippen molar-refractivity contribution in [2.24, 2.45) is 7.05 Å². The van der Waals surface area contributed by atoms with E-state index in [0.29, 0.717) is 18.7 Å². The largest absolute Gasteiger partial charge is 0.390 e. The number of hydrogen-bond acceptors (Lipinski definition) is 6. The molecule has 1 aromatic heterocycles. The molecule has 4 atom stereocenters. The fourth-order valence-electron chi connectivity index (χ4n) is 2.70. The van der Waals surface area contributed by atoms with E-state index in [4.69, 9.17) is 0 Å². The van der Waals surface area contributed by atoms with Crippen molar-refractivity contribution in [2.45, 2.75) is 30.8 Å². The van der Waals surface area contributed by atoms with Gasteiger partial charge < -0.3 is 20.2 Å². The van der Waals surface area contributed by atoms with Gasteiger partial charge in [-0.15, -0.1) is 5.10 Å². The van der Waals surface area contributed by atoms with Crippen molar-refractivity contribution in [3.05, 3.63) is 5.69 Å². The molecule has 0 bridgehead atoms. The number of hydrogen-bond donors (Lipinski definition) is 3. The van der Waals surface area contributed by atoms with E-state index < -0.39 is 24.4 Å². The smallest absolute Gasteiger partial charge is 0.150 e. The predicted octanol–water partition coefficient (Wildman–Crippen LogP) is -2.36. The summed E-state index contributed by atoms with van der Waals surface area (Å²) in [6.45, 7) is 0.303. The Morgan fingerprint density at radius 3 is 2.75 bits per heavy atom. The fourth-order valence-corrected chi connectivity index (χ4v) is 2.70. The second kappa shape index (κ2) is 3.16. The van der Waals surface area contributed by atoms with Crippen molar-refractivity contribution in [3.8, 4) is 0 Å². The van der Waals surface area contributed by atoms with Gasteiger partial charge in [-0.1, -0.05) is 5.21 Å². The average Bonchev–Trinajstić information content (AvgIpc) is 2.71. The number of fused-ring (bicyclic) bond motifs is 3. The Balaban J connectivity index is 2.08. The van der Waals surface area contributed by atoms with Crippen LogP contribution >= 0.6 is 0 Å². The highest BCUT2D eigenvalue weighted by molar-refractivity contribution is 5.51. The van der Waals surface area contributed by atoms with Crippen molar-refractivity contribution < 1.29 is 15.3 Å². The lowest BCUT2D eigenvalue weighted by Crippen LogP contribution is -2.50. The van der Waals surface area contributed by atoms with Crippen LogP contribution in [0.2, 0.25) is 0 Å². The lowest BCUT2D eigenvalue weighted by molar-refractivity contribution is 0.00783. The highest BCUT2D eigenvalue weighted by Crippen LogP contribution is 2.35. The van der Waals surface area contributed by atoms with Crippen LogP contribution in [0.25, 0.3) is 0 Å². The number of aliphatic hydroxyl groups excluding tert-OH is 3. The number of aryl methyl sites for hydroxylation is 1. The van der Waals surface area contributed by atoms with Gasteiger partial charge in [0.05, 0.1) is 18.2 Å². The second-order valence-corrected chi connectivity index (χ2v) is 4.46. The fraction of sp³-hybridized carbons (Fsp3) is 0.778. The van der Waals surface area contributed by atoms with E-state index in [9.17, 15) is 15.3 Å². The summed E-state index contributed by atoms with van der Waals surface area (Å²) in [7, 11) is 1.76. The van der Waals surface area contributed by atoms with Crippen LogP contribution in [-0.4, -0.2) is 61.2 Å². The molecule has 0 radical (unpaired) electrons. The molecule has 3 heterocycles. The zero-order valence-corrected chi connectivity index (χ0v) is 8.85. The van der Waals surface area contributed by atoms with Gasteiger partial charge in [-0.25, -0.2) is 4.68 Å². The van der Waals surface area contributed by atoms with Crippen LogP contribution in [0.3, 0.4) is 0 Å². The highest BCUT2D eigenvalue weighted by Gasteiger charge is 2.48. The van der Waals surface area contributed by atoms with Gasteiger partial charge in [0.15, 0.2) is 5.82 Å². The molecule has 0 spiro atoms. The van der Waals surface area contributed by atoms with Gasteiger partial charge >= 0.3 is 0 Å². The first-order chi connectivity index (χ1) is 7.59. The molecule has 3 N–H and O–H groups in total. The van der Waals surface area contributed by atoms with Gasteiger partial charge in [-0.3, -0.25) is 0 Å². The summed E-state index contributed by atoms with van der Waals surface area (Å²) >= 11 is 0. The van der Waals surface area contributed by atoms with E-state index in [1.807, 2.05) is 0 Å². The van der Waals surface area contributed by atoms with Crippen molar-refractivity contribution in [2.75, 3.05) is 11.4 Å². The summed E-state index contributed by atoms with van der Waals surface area (Å²) in [5.74, 6) is 0.783. The maximum absolute atomic E-state index is 9.93. The molecule has 0 aliphatic carbocycles. The first kappa shape index (κ1) is 10.0. The van der Waals surface area contributed by atoms with E-state index in [1.165, 1.54) is 0 Å². The molecular formula is C9H14N4O3. The molecule has 0 unspecified atom stereocenters. The third kappa shape index (κ3) is 1.13. The summed E-state index contributed by atoms with van der Waals surface area (Å²) in [5.41, 5.74) is 0.715.